The van der Waals surface area contributed by atoms with Gasteiger partial charge >= 0.3 is 0 Å². The molecule has 1 aliphatic rings. The van der Waals surface area contributed by atoms with Crippen molar-refractivity contribution in [1.82, 2.24) is 9.80 Å². The van der Waals surface area contributed by atoms with Gasteiger partial charge in [-0.15, -0.1) is 0 Å². The van der Waals surface area contributed by atoms with Gasteiger partial charge in [-0.3, -0.25) is 9.59 Å². The summed E-state index contributed by atoms with van der Waals surface area (Å²) in [6.45, 7) is 1.13. The number of benzene rings is 2. The highest BCUT2D eigenvalue weighted by Crippen LogP contribution is 2.40. The Balaban J connectivity index is 2.11. The average Bonchev–Trinajstić information content (AvgIpc) is 3.03. The van der Waals surface area contributed by atoms with E-state index >= 15 is 0 Å². The van der Waals surface area contributed by atoms with Gasteiger partial charge in [-0.05, 0) is 63.0 Å². The molecule has 0 saturated carbocycles. The first-order chi connectivity index (χ1) is 15.3. The first-order valence-corrected chi connectivity index (χ1v) is 10.6. The van der Waals surface area contributed by atoms with Crippen LogP contribution < -0.4 is 9.47 Å². The SMILES string of the molecule is COc1ccc(C2/C(=C(/O)c3ccc(Cl)c(OC)c3)C(=O)C(=O)N2CCCN(C)C)cc1. The molecular weight excluding hydrogens is 432 g/mol. The normalized spacial score (nSPS) is 17.8. The minimum absolute atomic E-state index is 0.0365. The average molecular weight is 459 g/mol. The van der Waals surface area contributed by atoms with Crippen LogP contribution in [0.1, 0.15) is 23.6 Å². The maximum Gasteiger partial charge on any atom is 0.295 e. The number of nitrogens with zero attached hydrogens (tertiary/aromatic N) is 2. The Morgan fingerprint density at radius 2 is 1.78 bits per heavy atom. The number of amides is 1. The molecule has 0 spiro atoms. The van der Waals surface area contributed by atoms with Crippen molar-refractivity contribution in [2.45, 2.75) is 12.5 Å². The first kappa shape index (κ1) is 23.6. The molecule has 1 heterocycles. The number of methoxy groups -OCH3 is 2. The molecule has 1 unspecified atom stereocenters. The molecule has 0 aliphatic carbocycles. The second-order valence-corrected chi connectivity index (χ2v) is 8.18. The second kappa shape index (κ2) is 10.1. The number of carbonyl (C=O) groups is 2. The molecule has 1 amide bonds. The van der Waals surface area contributed by atoms with Crippen LogP contribution in [0.2, 0.25) is 5.02 Å². The lowest BCUT2D eigenvalue weighted by Gasteiger charge is -2.26. The summed E-state index contributed by atoms with van der Waals surface area (Å²) in [6, 6.07) is 11.1. The monoisotopic (exact) mass is 458 g/mol. The number of hydrogen-bond donors (Lipinski definition) is 1. The lowest BCUT2D eigenvalue weighted by atomic mass is 9.95. The van der Waals surface area contributed by atoms with E-state index in [2.05, 4.69) is 0 Å². The summed E-state index contributed by atoms with van der Waals surface area (Å²) in [4.78, 5) is 29.5. The van der Waals surface area contributed by atoms with Gasteiger partial charge in [0.2, 0.25) is 0 Å². The molecule has 7 nitrogen and oxygen atoms in total. The Labute approximate surface area is 192 Å². The van der Waals surface area contributed by atoms with Crippen molar-refractivity contribution in [2.24, 2.45) is 0 Å². The van der Waals surface area contributed by atoms with E-state index in [1.165, 1.54) is 12.0 Å². The third-order valence-corrected chi connectivity index (χ3v) is 5.71. The summed E-state index contributed by atoms with van der Waals surface area (Å²) in [5.74, 6) is -0.610. The summed E-state index contributed by atoms with van der Waals surface area (Å²) in [5.41, 5.74) is 1.09. The number of carbonyl (C=O) groups excluding carboxylic acids is 2. The van der Waals surface area contributed by atoms with Gasteiger partial charge in [-0.1, -0.05) is 23.7 Å². The molecule has 1 atom stereocenters. The maximum absolute atomic E-state index is 13.1. The summed E-state index contributed by atoms with van der Waals surface area (Å²) in [5, 5.41) is 11.5. The van der Waals surface area contributed by atoms with E-state index in [-0.39, 0.29) is 11.3 Å². The summed E-state index contributed by atoms with van der Waals surface area (Å²) in [7, 11) is 6.92. The number of ether oxygens (including phenoxy) is 2. The van der Waals surface area contributed by atoms with Crippen LogP contribution >= 0.6 is 11.6 Å². The highest BCUT2D eigenvalue weighted by molar-refractivity contribution is 6.46. The van der Waals surface area contributed by atoms with Crippen LogP contribution in [-0.4, -0.2) is 68.0 Å². The van der Waals surface area contributed by atoms with Gasteiger partial charge in [-0.2, -0.15) is 0 Å². The van der Waals surface area contributed by atoms with Crippen molar-refractivity contribution in [3.8, 4) is 11.5 Å². The van der Waals surface area contributed by atoms with Gasteiger partial charge in [0, 0.05) is 12.1 Å². The molecule has 32 heavy (non-hydrogen) atoms. The van der Waals surface area contributed by atoms with E-state index in [1.807, 2.05) is 19.0 Å². The van der Waals surface area contributed by atoms with Crippen molar-refractivity contribution >= 4 is 29.1 Å². The molecule has 0 bridgehead atoms. The number of Topliss-reactive ketones (excluding diaryl/α,β-unsaturated/α-hetero) is 1. The Morgan fingerprint density at radius 3 is 2.38 bits per heavy atom. The van der Waals surface area contributed by atoms with Gasteiger partial charge in [0.1, 0.15) is 17.3 Å². The lowest BCUT2D eigenvalue weighted by molar-refractivity contribution is -0.139. The zero-order valence-corrected chi connectivity index (χ0v) is 19.3. The van der Waals surface area contributed by atoms with Crippen LogP contribution in [0.25, 0.3) is 5.76 Å². The van der Waals surface area contributed by atoms with E-state index in [9.17, 15) is 14.7 Å². The van der Waals surface area contributed by atoms with Crippen molar-refractivity contribution < 1.29 is 24.2 Å². The molecule has 170 valence electrons. The molecule has 1 N–H and O–H groups in total. The standard InChI is InChI=1S/C24H27ClN2O5/c1-26(2)12-5-13-27-21(15-6-9-17(31-3)10-7-15)20(23(29)24(27)30)22(28)16-8-11-18(25)19(14-16)32-4/h6-11,14,21,28H,5,12-13H2,1-4H3/b22-20-. The number of aliphatic hydroxyl groups excluding tert-OH is 1. The van der Waals surface area contributed by atoms with E-state index in [0.717, 1.165) is 6.54 Å². The van der Waals surface area contributed by atoms with Crippen LogP contribution in [0.5, 0.6) is 11.5 Å². The van der Waals surface area contributed by atoms with Crippen molar-refractivity contribution in [3.63, 3.8) is 0 Å². The number of ketones is 1. The molecule has 8 heteroatoms. The van der Waals surface area contributed by atoms with Crippen molar-refractivity contribution in [1.29, 1.82) is 0 Å². The van der Waals surface area contributed by atoms with Crippen LogP contribution in [0.3, 0.4) is 0 Å². The van der Waals surface area contributed by atoms with Gasteiger partial charge in [-0.25, -0.2) is 0 Å². The zero-order valence-electron chi connectivity index (χ0n) is 18.6. The third-order valence-electron chi connectivity index (χ3n) is 5.40. The number of rotatable bonds is 8. The maximum atomic E-state index is 13.1. The fourth-order valence-electron chi connectivity index (χ4n) is 3.76. The fraction of sp³-hybridized carbons (Fsp3) is 0.333. The predicted molar refractivity (Wildman–Crippen MR) is 123 cm³/mol. The number of hydrogen-bond acceptors (Lipinski definition) is 6. The molecule has 1 aliphatic heterocycles. The van der Waals surface area contributed by atoms with Crippen molar-refractivity contribution in [2.75, 3.05) is 41.4 Å². The molecular formula is C24H27ClN2O5. The van der Waals surface area contributed by atoms with Gasteiger partial charge in [0.15, 0.2) is 0 Å². The molecule has 3 rings (SSSR count). The van der Waals surface area contributed by atoms with Crippen LogP contribution in [0, 0.1) is 0 Å². The quantitative estimate of drug-likeness (QED) is 0.369. The Kier molecular flexibility index (Phi) is 7.43. The largest absolute Gasteiger partial charge is 0.507 e. The predicted octanol–water partition coefficient (Wildman–Crippen LogP) is 3.73. The van der Waals surface area contributed by atoms with Crippen molar-refractivity contribution in [3.05, 3.63) is 64.2 Å². The number of aliphatic hydroxyl groups is 1. The van der Waals surface area contributed by atoms with Gasteiger partial charge in [0.25, 0.3) is 11.7 Å². The van der Waals surface area contributed by atoms with Crippen LogP contribution in [0.15, 0.2) is 48.0 Å². The Bertz CT molecular complexity index is 1030. The van der Waals surface area contributed by atoms with E-state index in [4.69, 9.17) is 21.1 Å². The van der Waals surface area contributed by atoms with E-state index in [0.29, 0.717) is 40.6 Å². The van der Waals surface area contributed by atoms with Gasteiger partial charge < -0.3 is 24.4 Å². The molecule has 0 radical (unpaired) electrons. The lowest BCUT2D eigenvalue weighted by Crippen LogP contribution is -2.32. The molecule has 0 aromatic heterocycles. The highest BCUT2D eigenvalue weighted by Gasteiger charge is 2.45. The molecule has 2 aromatic rings. The molecule has 1 fully saturated rings. The van der Waals surface area contributed by atoms with Crippen LogP contribution in [0.4, 0.5) is 0 Å². The molecule has 1 saturated heterocycles. The summed E-state index contributed by atoms with van der Waals surface area (Å²) in [6.07, 6.45) is 0.682. The zero-order chi connectivity index (χ0) is 23.4. The summed E-state index contributed by atoms with van der Waals surface area (Å²) < 4.78 is 10.5. The first-order valence-electron chi connectivity index (χ1n) is 10.2. The fourth-order valence-corrected chi connectivity index (χ4v) is 3.96. The topological polar surface area (TPSA) is 79.3 Å². The Hall–Kier alpha value is -3.03. The smallest absolute Gasteiger partial charge is 0.295 e. The van der Waals surface area contributed by atoms with E-state index in [1.54, 1.807) is 49.6 Å². The minimum Gasteiger partial charge on any atom is -0.507 e. The number of halogens is 1. The Morgan fingerprint density at radius 1 is 1.09 bits per heavy atom. The van der Waals surface area contributed by atoms with Crippen LogP contribution in [-0.2, 0) is 9.59 Å². The third kappa shape index (κ3) is 4.74. The summed E-state index contributed by atoms with van der Waals surface area (Å²) >= 11 is 6.10. The molecule has 2 aromatic carbocycles. The second-order valence-electron chi connectivity index (χ2n) is 7.77. The van der Waals surface area contributed by atoms with E-state index < -0.39 is 17.7 Å². The van der Waals surface area contributed by atoms with Gasteiger partial charge in [0.05, 0.1) is 30.9 Å². The number of likely N-dealkylation sites (tertiary alicyclic amines) is 1. The highest BCUT2D eigenvalue weighted by atomic mass is 35.5. The minimum atomic E-state index is -0.720.